The highest BCUT2D eigenvalue weighted by Gasteiger charge is 2.40. The lowest BCUT2D eigenvalue weighted by atomic mass is 9.95. The Morgan fingerprint density at radius 1 is 1.26 bits per heavy atom. The molecule has 0 unspecified atom stereocenters. The van der Waals surface area contributed by atoms with Gasteiger partial charge in [0.2, 0.25) is 0 Å². The molecular formula is C23H35N5O3. The zero-order valence-electron chi connectivity index (χ0n) is 18.7. The first kappa shape index (κ1) is 21.6. The third-order valence-corrected chi connectivity index (χ3v) is 6.01. The second-order valence-corrected chi connectivity index (χ2v) is 9.47. The second kappa shape index (κ2) is 8.16. The summed E-state index contributed by atoms with van der Waals surface area (Å²) >= 11 is 0. The van der Waals surface area contributed by atoms with Gasteiger partial charge in [-0.05, 0) is 65.0 Å². The number of anilines is 2. The van der Waals surface area contributed by atoms with Gasteiger partial charge in [-0.15, -0.1) is 0 Å². The molecule has 2 aliphatic rings. The van der Waals surface area contributed by atoms with E-state index in [1.165, 1.54) is 0 Å². The van der Waals surface area contributed by atoms with Crippen molar-refractivity contribution in [2.75, 3.05) is 30.0 Å². The van der Waals surface area contributed by atoms with Crippen molar-refractivity contribution in [3.8, 4) is 11.3 Å². The molecule has 0 atom stereocenters. The van der Waals surface area contributed by atoms with Crippen molar-refractivity contribution in [2.45, 2.75) is 58.1 Å². The van der Waals surface area contributed by atoms with Crippen LogP contribution in [0.25, 0.3) is 11.3 Å². The van der Waals surface area contributed by atoms with Crippen LogP contribution in [0.15, 0.2) is 24.5 Å². The lowest BCUT2D eigenvalue weighted by Crippen LogP contribution is -2.55. The standard InChI is InChI=1S/C23H31N5O3.2H2/c1-22(2)21(29)28(10-7-15-8-11-31-12-9-15)20-19(27-22)25-14-17(26-20)16-5-6-18(24-13-16)23(3,4)30;;/h5-6,13-15,30H,7-12H2,1-4H3,(H,25,27);2*1H. The van der Waals surface area contributed by atoms with Crippen LogP contribution in [0.3, 0.4) is 0 Å². The number of hydrogen-bond acceptors (Lipinski definition) is 7. The molecule has 0 spiro atoms. The topological polar surface area (TPSA) is 100 Å². The second-order valence-electron chi connectivity index (χ2n) is 9.47. The molecule has 2 aromatic heterocycles. The van der Waals surface area contributed by atoms with Gasteiger partial charge in [-0.25, -0.2) is 9.97 Å². The molecule has 0 saturated carbocycles. The number of hydrogen-bond donors (Lipinski definition) is 2. The van der Waals surface area contributed by atoms with Crippen LogP contribution in [-0.4, -0.2) is 51.3 Å². The monoisotopic (exact) mass is 429 g/mol. The number of fused-ring (bicyclic) bond motifs is 1. The zero-order valence-corrected chi connectivity index (χ0v) is 18.7. The van der Waals surface area contributed by atoms with Crippen LogP contribution < -0.4 is 10.2 Å². The summed E-state index contributed by atoms with van der Waals surface area (Å²) in [5.74, 6) is 1.72. The highest BCUT2D eigenvalue weighted by molar-refractivity contribution is 6.05. The molecule has 8 heteroatoms. The van der Waals surface area contributed by atoms with E-state index in [1.54, 1.807) is 37.2 Å². The average Bonchev–Trinajstić information content (AvgIpc) is 2.74. The first-order chi connectivity index (χ1) is 14.6. The van der Waals surface area contributed by atoms with E-state index < -0.39 is 11.1 Å². The van der Waals surface area contributed by atoms with Gasteiger partial charge in [-0.2, -0.15) is 0 Å². The summed E-state index contributed by atoms with van der Waals surface area (Å²) in [6.07, 6.45) is 6.34. The van der Waals surface area contributed by atoms with Gasteiger partial charge in [0.15, 0.2) is 11.6 Å². The Kier molecular flexibility index (Phi) is 5.70. The summed E-state index contributed by atoms with van der Waals surface area (Å²) in [7, 11) is 0. The molecule has 1 fully saturated rings. The molecule has 170 valence electrons. The van der Waals surface area contributed by atoms with Crippen LogP contribution in [0.2, 0.25) is 0 Å². The van der Waals surface area contributed by atoms with Crippen LogP contribution in [0.1, 0.15) is 55.5 Å². The summed E-state index contributed by atoms with van der Waals surface area (Å²) < 4.78 is 5.46. The third-order valence-electron chi connectivity index (χ3n) is 6.01. The van der Waals surface area contributed by atoms with Gasteiger partial charge in [-0.3, -0.25) is 14.7 Å². The number of carbonyl (C=O) groups is 1. The van der Waals surface area contributed by atoms with E-state index in [1.807, 2.05) is 19.9 Å². The van der Waals surface area contributed by atoms with Crippen molar-refractivity contribution in [3.63, 3.8) is 0 Å². The molecule has 4 heterocycles. The van der Waals surface area contributed by atoms with Crippen molar-refractivity contribution in [1.82, 2.24) is 15.0 Å². The van der Waals surface area contributed by atoms with Crippen LogP contribution >= 0.6 is 0 Å². The van der Waals surface area contributed by atoms with E-state index in [4.69, 9.17) is 9.72 Å². The number of amides is 1. The zero-order chi connectivity index (χ0) is 22.2. The van der Waals surface area contributed by atoms with Gasteiger partial charge in [0.05, 0.1) is 17.6 Å². The van der Waals surface area contributed by atoms with Crippen molar-refractivity contribution in [1.29, 1.82) is 0 Å². The minimum atomic E-state index is -1.01. The fourth-order valence-electron chi connectivity index (χ4n) is 4.04. The van der Waals surface area contributed by atoms with Crippen molar-refractivity contribution in [2.24, 2.45) is 5.92 Å². The van der Waals surface area contributed by atoms with Crippen LogP contribution in [0.4, 0.5) is 11.6 Å². The molecule has 31 heavy (non-hydrogen) atoms. The Hall–Kier alpha value is -2.58. The maximum absolute atomic E-state index is 13.2. The highest BCUT2D eigenvalue weighted by Crippen LogP contribution is 2.35. The maximum atomic E-state index is 13.2. The van der Waals surface area contributed by atoms with Crippen molar-refractivity contribution < 1.29 is 17.5 Å². The Bertz CT molecular complexity index is 958. The normalized spacial score (nSPS) is 19.1. The number of pyridine rings is 1. The first-order valence-corrected chi connectivity index (χ1v) is 10.9. The molecule has 0 radical (unpaired) electrons. The number of nitrogens with one attached hydrogen (secondary N) is 1. The highest BCUT2D eigenvalue weighted by atomic mass is 16.5. The van der Waals surface area contributed by atoms with E-state index in [0.29, 0.717) is 35.5 Å². The Labute approximate surface area is 186 Å². The van der Waals surface area contributed by atoms with E-state index >= 15 is 0 Å². The molecule has 8 nitrogen and oxygen atoms in total. The van der Waals surface area contributed by atoms with E-state index in [9.17, 15) is 9.90 Å². The number of aliphatic hydroxyl groups is 1. The SMILES string of the molecule is CC1(C)Nc2ncc(-c3ccc(C(C)(C)O)nc3)nc2N(CCC2CCOCC2)C1=O.[HH].[HH]. The third kappa shape index (κ3) is 4.55. The van der Waals surface area contributed by atoms with Gasteiger partial charge >= 0.3 is 0 Å². The number of nitrogens with zero attached hydrogens (tertiary/aromatic N) is 4. The van der Waals surface area contributed by atoms with Crippen molar-refractivity contribution in [3.05, 3.63) is 30.2 Å². The molecule has 0 aliphatic carbocycles. The van der Waals surface area contributed by atoms with Gasteiger partial charge < -0.3 is 15.2 Å². The van der Waals surface area contributed by atoms with E-state index in [0.717, 1.165) is 38.0 Å². The number of ether oxygens (including phenoxy) is 1. The Balaban J connectivity index is 0.00000193. The minimum absolute atomic E-state index is 0. The summed E-state index contributed by atoms with van der Waals surface area (Å²) in [6.45, 7) is 9.32. The molecular weight excluding hydrogens is 394 g/mol. The van der Waals surface area contributed by atoms with Crippen LogP contribution in [0.5, 0.6) is 0 Å². The summed E-state index contributed by atoms with van der Waals surface area (Å²) in [4.78, 5) is 28.7. The summed E-state index contributed by atoms with van der Waals surface area (Å²) in [5, 5.41) is 13.4. The van der Waals surface area contributed by atoms with Gasteiger partial charge in [0.25, 0.3) is 5.91 Å². The fourth-order valence-corrected chi connectivity index (χ4v) is 4.04. The average molecular weight is 430 g/mol. The fraction of sp³-hybridized carbons (Fsp3) is 0.565. The van der Waals surface area contributed by atoms with Crippen LogP contribution in [-0.2, 0) is 15.1 Å². The number of carbonyl (C=O) groups excluding carboxylic acids is 1. The Morgan fingerprint density at radius 2 is 2.00 bits per heavy atom. The summed E-state index contributed by atoms with van der Waals surface area (Å²) in [5.41, 5.74) is 0.250. The number of rotatable bonds is 5. The molecule has 4 rings (SSSR count). The van der Waals surface area contributed by atoms with E-state index in [-0.39, 0.29) is 8.76 Å². The molecule has 2 N–H and O–H groups in total. The van der Waals surface area contributed by atoms with Gasteiger partial charge in [0.1, 0.15) is 11.1 Å². The smallest absolute Gasteiger partial charge is 0.253 e. The minimum Gasteiger partial charge on any atom is -0.384 e. The molecule has 0 aromatic carbocycles. The van der Waals surface area contributed by atoms with Gasteiger partial charge in [-0.1, -0.05) is 0 Å². The number of aromatic nitrogens is 3. The predicted molar refractivity (Wildman–Crippen MR) is 123 cm³/mol. The Morgan fingerprint density at radius 3 is 2.65 bits per heavy atom. The quantitative estimate of drug-likeness (QED) is 0.749. The summed E-state index contributed by atoms with van der Waals surface area (Å²) in [6, 6.07) is 3.65. The lowest BCUT2D eigenvalue weighted by Gasteiger charge is -2.39. The molecule has 0 bridgehead atoms. The first-order valence-electron chi connectivity index (χ1n) is 10.9. The predicted octanol–water partition coefficient (Wildman–Crippen LogP) is 3.61. The lowest BCUT2D eigenvalue weighted by molar-refractivity contribution is -0.122. The molecule has 2 aliphatic heterocycles. The van der Waals surface area contributed by atoms with E-state index in [2.05, 4.69) is 15.3 Å². The van der Waals surface area contributed by atoms with Gasteiger partial charge in [0, 0.05) is 34.4 Å². The largest absolute Gasteiger partial charge is 0.384 e. The molecule has 1 amide bonds. The maximum Gasteiger partial charge on any atom is 0.253 e. The molecule has 1 saturated heterocycles. The van der Waals surface area contributed by atoms with Crippen molar-refractivity contribution >= 4 is 17.5 Å². The van der Waals surface area contributed by atoms with Crippen LogP contribution in [0, 0.1) is 5.92 Å². The molecule has 2 aromatic rings.